The lowest BCUT2D eigenvalue weighted by molar-refractivity contribution is -0.148. The third kappa shape index (κ3) is 5.91. The molecule has 0 saturated carbocycles. The van der Waals surface area contributed by atoms with E-state index in [0.29, 0.717) is 0 Å². The first-order chi connectivity index (χ1) is 2.64. The van der Waals surface area contributed by atoms with Crippen LogP contribution in [-0.2, 0) is 9.59 Å². The highest BCUT2D eigenvalue weighted by atomic mass is 24.3. The fraction of sp³-hybridized carbons (Fsp3) is 0.333. The molecule has 0 aromatic carbocycles. The number of ketones is 1. The smallest absolute Gasteiger partial charge is 0.371 e. The van der Waals surface area contributed by atoms with Gasteiger partial charge in [-0.15, -0.1) is 0 Å². The van der Waals surface area contributed by atoms with Crippen LogP contribution in [0.4, 0.5) is 0 Å². The summed E-state index contributed by atoms with van der Waals surface area (Å²) in [7, 11) is 0. The monoisotopic (exact) mass is 114 g/mol. The van der Waals surface area contributed by atoms with E-state index < -0.39 is 11.8 Å². The Kier molecular flexibility index (Phi) is 5.83. The molecule has 4 heteroatoms. The maximum absolute atomic E-state index is 9.54. The summed E-state index contributed by atoms with van der Waals surface area (Å²) in [5.41, 5.74) is 0. The molecule has 0 aliphatic carbocycles. The van der Waals surface area contributed by atoms with Gasteiger partial charge >= 0.3 is 29.0 Å². The first-order valence-corrected chi connectivity index (χ1v) is 1.38. The molecule has 0 aliphatic heterocycles. The second-order valence-corrected chi connectivity index (χ2v) is 0.861. The Morgan fingerprint density at radius 2 is 1.57 bits per heavy atom. The summed E-state index contributed by atoms with van der Waals surface area (Å²) in [6.45, 7) is 1.00. The summed E-state index contributed by atoms with van der Waals surface area (Å²) in [6, 6.07) is 0. The SMILES string of the molecule is CC(=O)C(=O)O.[MgH2]. The van der Waals surface area contributed by atoms with E-state index in [1.165, 1.54) is 0 Å². The van der Waals surface area contributed by atoms with Gasteiger partial charge in [0.1, 0.15) is 0 Å². The Bertz CT molecular complexity index is 76.2. The summed E-state index contributed by atoms with van der Waals surface area (Å²) in [5.74, 6) is -2.20. The van der Waals surface area contributed by atoms with Crippen LogP contribution in [0, 0.1) is 0 Å². The minimum absolute atomic E-state index is 0. The van der Waals surface area contributed by atoms with Crippen molar-refractivity contribution in [1.29, 1.82) is 0 Å². The molecule has 0 radical (unpaired) electrons. The van der Waals surface area contributed by atoms with Crippen molar-refractivity contribution >= 4 is 34.8 Å². The highest BCUT2D eigenvalue weighted by molar-refractivity contribution is 6.31. The van der Waals surface area contributed by atoms with Gasteiger partial charge < -0.3 is 5.11 Å². The highest BCUT2D eigenvalue weighted by Gasteiger charge is 1.98. The largest absolute Gasteiger partial charge is 0.476 e. The zero-order chi connectivity index (χ0) is 5.15. The first-order valence-electron chi connectivity index (χ1n) is 1.38. The molecule has 0 atom stereocenters. The Hall–Kier alpha value is -0.0938. The molecule has 0 spiro atoms. The molecule has 0 fully saturated rings. The molecule has 7 heavy (non-hydrogen) atoms. The molecular formula is C3H6MgO3. The summed E-state index contributed by atoms with van der Waals surface area (Å²) in [4.78, 5) is 18.9. The third-order valence-electron chi connectivity index (χ3n) is 0.301. The molecule has 0 rings (SSSR count). The van der Waals surface area contributed by atoms with Gasteiger partial charge in [-0.2, -0.15) is 0 Å². The quantitative estimate of drug-likeness (QED) is 0.342. The minimum Gasteiger partial charge on any atom is -0.476 e. The predicted molar refractivity (Wildman–Crippen MR) is 26.9 cm³/mol. The van der Waals surface area contributed by atoms with E-state index in [0.717, 1.165) is 6.92 Å². The van der Waals surface area contributed by atoms with E-state index in [-0.39, 0.29) is 23.1 Å². The Morgan fingerprint density at radius 1 is 1.43 bits per heavy atom. The van der Waals surface area contributed by atoms with Crippen LogP contribution in [-0.4, -0.2) is 39.9 Å². The van der Waals surface area contributed by atoms with Crippen molar-refractivity contribution in [1.82, 2.24) is 0 Å². The summed E-state index contributed by atoms with van der Waals surface area (Å²) < 4.78 is 0. The maximum atomic E-state index is 9.54. The average molecular weight is 114 g/mol. The maximum Gasteiger partial charge on any atom is 0.371 e. The van der Waals surface area contributed by atoms with Gasteiger partial charge in [-0.3, -0.25) is 4.79 Å². The van der Waals surface area contributed by atoms with Crippen LogP contribution in [0.25, 0.3) is 0 Å². The van der Waals surface area contributed by atoms with Crippen molar-refractivity contribution in [3.8, 4) is 0 Å². The Morgan fingerprint density at radius 3 is 1.57 bits per heavy atom. The summed E-state index contributed by atoms with van der Waals surface area (Å²) in [5, 5.41) is 7.64. The van der Waals surface area contributed by atoms with Gasteiger partial charge in [0.2, 0.25) is 5.78 Å². The molecule has 0 bridgehead atoms. The van der Waals surface area contributed by atoms with Crippen molar-refractivity contribution in [3.63, 3.8) is 0 Å². The number of carbonyl (C=O) groups excluding carboxylic acids is 1. The number of carboxylic acids is 1. The van der Waals surface area contributed by atoms with E-state index in [1.807, 2.05) is 0 Å². The number of Topliss-reactive ketones (excluding diaryl/α,β-unsaturated/α-hetero) is 1. The normalized spacial score (nSPS) is 6.43. The van der Waals surface area contributed by atoms with Crippen molar-refractivity contribution in [3.05, 3.63) is 0 Å². The standard InChI is InChI=1S/C3H4O3.Mg.2H/c1-2(4)3(5)6;;;/h1H3,(H,5,6);;;. The van der Waals surface area contributed by atoms with Gasteiger partial charge in [0.05, 0.1) is 0 Å². The van der Waals surface area contributed by atoms with Gasteiger partial charge in [0.25, 0.3) is 0 Å². The molecule has 0 heterocycles. The molecule has 0 unspecified atom stereocenters. The van der Waals surface area contributed by atoms with Crippen molar-refractivity contribution in [2.24, 2.45) is 0 Å². The molecule has 0 aromatic heterocycles. The second kappa shape index (κ2) is 4.08. The van der Waals surface area contributed by atoms with E-state index in [9.17, 15) is 9.59 Å². The fourth-order valence-electron chi connectivity index (χ4n) is 0. The van der Waals surface area contributed by atoms with Crippen LogP contribution in [0.2, 0.25) is 0 Å². The molecule has 0 saturated heterocycles. The first kappa shape index (κ1) is 10.0. The molecule has 3 nitrogen and oxygen atoms in total. The number of carbonyl (C=O) groups is 2. The van der Waals surface area contributed by atoms with E-state index in [4.69, 9.17) is 5.11 Å². The Labute approximate surface area is 56.9 Å². The summed E-state index contributed by atoms with van der Waals surface area (Å²) >= 11 is 0. The lowest BCUT2D eigenvalue weighted by atomic mass is 10.5. The lowest BCUT2D eigenvalue weighted by Crippen LogP contribution is -2.05. The van der Waals surface area contributed by atoms with Crippen LogP contribution >= 0.6 is 0 Å². The highest BCUT2D eigenvalue weighted by Crippen LogP contribution is 1.61. The molecule has 0 aliphatic rings. The van der Waals surface area contributed by atoms with Crippen LogP contribution in [0.1, 0.15) is 6.92 Å². The second-order valence-electron chi connectivity index (χ2n) is 0.861. The van der Waals surface area contributed by atoms with Crippen molar-refractivity contribution in [2.75, 3.05) is 0 Å². The topological polar surface area (TPSA) is 54.4 Å². The average Bonchev–Trinajstić information content (AvgIpc) is 1.36. The fourth-order valence-corrected chi connectivity index (χ4v) is 0. The van der Waals surface area contributed by atoms with Crippen LogP contribution < -0.4 is 0 Å². The number of rotatable bonds is 1. The summed E-state index contributed by atoms with van der Waals surface area (Å²) in [6.07, 6.45) is 0. The van der Waals surface area contributed by atoms with Gasteiger partial charge in [-0.25, -0.2) is 4.79 Å². The van der Waals surface area contributed by atoms with Crippen LogP contribution in [0.15, 0.2) is 0 Å². The number of hydrogen-bond acceptors (Lipinski definition) is 2. The number of hydrogen-bond donors (Lipinski definition) is 1. The lowest BCUT2D eigenvalue weighted by Gasteiger charge is -1.73. The zero-order valence-corrected chi connectivity index (χ0v) is 3.26. The van der Waals surface area contributed by atoms with Crippen LogP contribution in [0.3, 0.4) is 0 Å². The van der Waals surface area contributed by atoms with Gasteiger partial charge in [0, 0.05) is 6.92 Å². The Balaban J connectivity index is 0. The number of carboxylic acid groups (broad SMARTS) is 1. The number of aliphatic carboxylic acids is 1. The molecule has 38 valence electrons. The van der Waals surface area contributed by atoms with E-state index in [1.54, 1.807) is 0 Å². The molecule has 0 aromatic rings. The van der Waals surface area contributed by atoms with Crippen molar-refractivity contribution in [2.45, 2.75) is 6.92 Å². The van der Waals surface area contributed by atoms with Crippen molar-refractivity contribution < 1.29 is 14.7 Å². The van der Waals surface area contributed by atoms with Gasteiger partial charge in [-0.1, -0.05) is 0 Å². The van der Waals surface area contributed by atoms with Crippen LogP contribution in [0.5, 0.6) is 0 Å². The predicted octanol–water partition coefficient (Wildman–Crippen LogP) is -1.26. The minimum atomic E-state index is -1.38. The van der Waals surface area contributed by atoms with Gasteiger partial charge in [0.15, 0.2) is 0 Å². The molecular weight excluding hydrogens is 108 g/mol. The molecule has 0 amide bonds. The van der Waals surface area contributed by atoms with E-state index >= 15 is 0 Å². The third-order valence-corrected chi connectivity index (χ3v) is 0.301. The van der Waals surface area contributed by atoms with Gasteiger partial charge in [-0.05, 0) is 0 Å². The molecule has 1 N–H and O–H groups in total. The zero-order valence-electron chi connectivity index (χ0n) is 3.26. The van der Waals surface area contributed by atoms with E-state index in [2.05, 4.69) is 0 Å².